The Morgan fingerprint density at radius 3 is 2.61 bits per heavy atom. The van der Waals surface area contributed by atoms with Gasteiger partial charge < -0.3 is 14.7 Å². The van der Waals surface area contributed by atoms with Crippen molar-refractivity contribution in [3.8, 4) is 5.75 Å². The molecule has 23 heavy (non-hydrogen) atoms. The molecule has 2 fully saturated rings. The van der Waals surface area contributed by atoms with Crippen LogP contribution >= 0.6 is 0 Å². The third-order valence-electron chi connectivity index (χ3n) is 5.06. The fourth-order valence-electron chi connectivity index (χ4n) is 3.71. The normalized spacial score (nSPS) is 31.9. The topological polar surface area (TPSA) is 60.0 Å². The van der Waals surface area contributed by atoms with Gasteiger partial charge >= 0.3 is 0 Å². The lowest BCUT2D eigenvalue weighted by Gasteiger charge is -2.25. The van der Waals surface area contributed by atoms with Gasteiger partial charge in [0.25, 0.3) is 0 Å². The number of hydrogen-bond donors (Lipinski definition) is 3. The van der Waals surface area contributed by atoms with Crippen molar-refractivity contribution in [2.45, 2.75) is 18.2 Å². The molecule has 0 aromatic heterocycles. The van der Waals surface area contributed by atoms with Crippen LogP contribution in [0.2, 0.25) is 0 Å². The summed E-state index contributed by atoms with van der Waals surface area (Å²) in [6.45, 7) is 3.61. The van der Waals surface area contributed by atoms with Crippen LogP contribution in [0.15, 0.2) is 24.3 Å². The highest BCUT2D eigenvalue weighted by Gasteiger charge is 2.36. The van der Waals surface area contributed by atoms with Gasteiger partial charge in [-0.1, -0.05) is 12.1 Å². The van der Waals surface area contributed by atoms with Gasteiger partial charge in [0.05, 0.1) is 19.3 Å². The number of nitrogens with one attached hydrogen (secondary N) is 2. The lowest BCUT2D eigenvalue weighted by Crippen LogP contribution is -2.38. The Morgan fingerprint density at radius 1 is 1.26 bits per heavy atom. The first kappa shape index (κ1) is 16.7. The second kappa shape index (κ2) is 7.15. The van der Waals surface area contributed by atoms with Gasteiger partial charge in [0.1, 0.15) is 5.75 Å². The van der Waals surface area contributed by atoms with E-state index in [0.717, 1.165) is 31.9 Å². The zero-order valence-corrected chi connectivity index (χ0v) is 14.2. The number of nitrogens with zero attached hydrogens (tertiary/aromatic N) is 2. The zero-order valence-electron chi connectivity index (χ0n) is 14.2. The highest BCUT2D eigenvalue weighted by Crippen LogP contribution is 2.28. The molecule has 2 aliphatic heterocycles. The van der Waals surface area contributed by atoms with Crippen LogP contribution in [0.25, 0.3) is 0 Å². The van der Waals surface area contributed by atoms with Crippen molar-refractivity contribution in [1.82, 2.24) is 20.7 Å². The maximum atomic E-state index is 10.2. The van der Waals surface area contributed by atoms with Crippen molar-refractivity contribution in [3.63, 3.8) is 0 Å². The minimum absolute atomic E-state index is 0.233. The summed E-state index contributed by atoms with van der Waals surface area (Å²) in [7, 11) is 5.76. The molecule has 3 N–H and O–H groups in total. The number of benzene rings is 1. The molecule has 0 saturated carbocycles. The molecule has 128 valence electrons. The van der Waals surface area contributed by atoms with E-state index in [1.807, 2.05) is 26.2 Å². The third-order valence-corrected chi connectivity index (χ3v) is 5.06. The van der Waals surface area contributed by atoms with Gasteiger partial charge in [0.2, 0.25) is 0 Å². The number of likely N-dealkylation sites (tertiary alicyclic amines) is 1. The van der Waals surface area contributed by atoms with Crippen LogP contribution in [0.1, 0.15) is 11.6 Å². The molecule has 3 rings (SSSR count). The minimum Gasteiger partial charge on any atom is -0.497 e. The first-order chi connectivity index (χ1) is 11.1. The summed E-state index contributed by atoms with van der Waals surface area (Å²) in [5.41, 5.74) is 7.95. The molecular weight excluding hydrogens is 292 g/mol. The summed E-state index contributed by atoms with van der Waals surface area (Å²) in [6, 6.07) is 8.78. The Kier molecular flexibility index (Phi) is 5.18. The maximum Gasteiger partial charge on any atom is 0.118 e. The number of hydrazine groups is 1. The van der Waals surface area contributed by atoms with Crippen molar-refractivity contribution in [2.24, 2.45) is 5.92 Å². The Hall–Kier alpha value is -1.18. The molecule has 2 heterocycles. The van der Waals surface area contributed by atoms with E-state index in [-0.39, 0.29) is 18.2 Å². The molecule has 2 aliphatic rings. The van der Waals surface area contributed by atoms with Crippen molar-refractivity contribution < 1.29 is 9.84 Å². The number of ether oxygens (including phenoxy) is 1. The quantitative estimate of drug-likeness (QED) is 0.714. The molecule has 0 spiro atoms. The van der Waals surface area contributed by atoms with Crippen molar-refractivity contribution in [2.75, 3.05) is 47.4 Å². The Morgan fingerprint density at radius 2 is 2.00 bits per heavy atom. The highest BCUT2D eigenvalue weighted by atomic mass is 16.5. The molecule has 4 atom stereocenters. The predicted molar refractivity (Wildman–Crippen MR) is 90.3 cm³/mol. The molecule has 0 radical (unpaired) electrons. The van der Waals surface area contributed by atoms with E-state index in [1.165, 1.54) is 5.56 Å². The van der Waals surface area contributed by atoms with Crippen LogP contribution in [0.4, 0.5) is 0 Å². The van der Waals surface area contributed by atoms with Gasteiger partial charge in [-0.15, -0.1) is 0 Å². The third kappa shape index (κ3) is 3.67. The van der Waals surface area contributed by atoms with Crippen LogP contribution in [0.3, 0.4) is 0 Å². The van der Waals surface area contributed by atoms with Gasteiger partial charge in [-0.25, -0.2) is 5.43 Å². The Balaban J connectivity index is 1.63. The molecule has 6 heteroatoms. The monoisotopic (exact) mass is 320 g/mol. The average Bonchev–Trinajstić information content (AvgIpc) is 3.14. The van der Waals surface area contributed by atoms with E-state index in [1.54, 1.807) is 7.11 Å². The Labute approximate surface area is 138 Å². The number of aliphatic hydroxyl groups excluding tert-OH is 1. The van der Waals surface area contributed by atoms with Gasteiger partial charge in [-0.3, -0.25) is 10.3 Å². The lowest BCUT2D eigenvalue weighted by molar-refractivity contribution is 0.112. The van der Waals surface area contributed by atoms with Gasteiger partial charge in [-0.2, -0.15) is 0 Å². The van der Waals surface area contributed by atoms with Crippen LogP contribution < -0.4 is 15.6 Å². The second-order valence-electron chi connectivity index (χ2n) is 6.85. The van der Waals surface area contributed by atoms with E-state index in [9.17, 15) is 5.11 Å². The standard InChI is InChI=1S/C17H28N4O2/c1-20(2)15-10-21(11-16(15)22)9-13-8-18-19-17(13)12-4-6-14(23-3)7-5-12/h4-7,13,15-19,22H,8-11H2,1-3H3/t13?,15-,16-,17?/m1/s1. The number of methoxy groups -OCH3 is 1. The molecular formula is C17H28N4O2. The Bertz CT molecular complexity index is 508. The summed E-state index contributed by atoms with van der Waals surface area (Å²) in [5, 5.41) is 10.2. The van der Waals surface area contributed by atoms with E-state index in [0.29, 0.717) is 5.92 Å². The summed E-state index contributed by atoms with van der Waals surface area (Å²) in [5.74, 6) is 1.37. The highest BCUT2D eigenvalue weighted by molar-refractivity contribution is 5.30. The fourth-order valence-corrected chi connectivity index (χ4v) is 3.71. The second-order valence-corrected chi connectivity index (χ2v) is 6.85. The number of hydrogen-bond acceptors (Lipinski definition) is 6. The van der Waals surface area contributed by atoms with Crippen LogP contribution in [0.5, 0.6) is 5.75 Å². The zero-order chi connectivity index (χ0) is 16.4. The van der Waals surface area contributed by atoms with Crippen LogP contribution in [-0.2, 0) is 0 Å². The van der Waals surface area contributed by atoms with E-state index in [2.05, 4.69) is 32.8 Å². The lowest BCUT2D eigenvalue weighted by atomic mass is 9.94. The number of β-amino-alcohol motifs (C(OH)–C–C–N with tert-alkyl or cyclic N) is 1. The largest absolute Gasteiger partial charge is 0.497 e. The number of aliphatic hydroxyl groups is 1. The van der Waals surface area contributed by atoms with Gasteiger partial charge in [0, 0.05) is 38.1 Å². The summed E-state index contributed by atoms with van der Waals surface area (Å²) >= 11 is 0. The smallest absolute Gasteiger partial charge is 0.118 e. The van der Waals surface area contributed by atoms with E-state index in [4.69, 9.17) is 4.74 Å². The minimum atomic E-state index is -0.258. The fraction of sp³-hybridized carbons (Fsp3) is 0.647. The van der Waals surface area contributed by atoms with Crippen LogP contribution in [0, 0.1) is 5.92 Å². The molecule has 2 saturated heterocycles. The first-order valence-corrected chi connectivity index (χ1v) is 8.27. The van der Waals surface area contributed by atoms with Crippen molar-refractivity contribution in [1.29, 1.82) is 0 Å². The SMILES string of the molecule is COc1ccc(C2NNCC2CN2C[C@@H](O)[C@H](N(C)C)C2)cc1. The summed E-state index contributed by atoms with van der Waals surface area (Å²) in [4.78, 5) is 4.50. The molecule has 1 aromatic carbocycles. The van der Waals surface area contributed by atoms with Crippen molar-refractivity contribution >= 4 is 0 Å². The molecule has 2 unspecified atom stereocenters. The van der Waals surface area contributed by atoms with E-state index >= 15 is 0 Å². The maximum absolute atomic E-state index is 10.2. The molecule has 6 nitrogen and oxygen atoms in total. The van der Waals surface area contributed by atoms with Crippen molar-refractivity contribution in [3.05, 3.63) is 29.8 Å². The summed E-state index contributed by atoms with van der Waals surface area (Å²) in [6.07, 6.45) is -0.258. The van der Waals surface area contributed by atoms with Gasteiger partial charge in [0.15, 0.2) is 0 Å². The van der Waals surface area contributed by atoms with Gasteiger partial charge in [-0.05, 0) is 31.8 Å². The first-order valence-electron chi connectivity index (χ1n) is 8.27. The molecule has 0 aliphatic carbocycles. The number of rotatable bonds is 5. The summed E-state index contributed by atoms with van der Waals surface area (Å²) < 4.78 is 5.24. The predicted octanol–water partition coefficient (Wildman–Crippen LogP) is 0.0670. The molecule has 0 bridgehead atoms. The van der Waals surface area contributed by atoms with E-state index < -0.39 is 0 Å². The van der Waals surface area contributed by atoms with Crippen LogP contribution in [-0.4, -0.2) is 74.4 Å². The average molecular weight is 320 g/mol. The molecule has 1 aromatic rings. The molecule has 0 amide bonds. The number of likely N-dealkylation sites (N-methyl/N-ethyl adjacent to an activating group) is 1.